The van der Waals surface area contributed by atoms with Gasteiger partial charge in [0.15, 0.2) is 23.1 Å². The SMILES string of the molecule is COc1c(N2CCC(O)(COc3ccc(N4C[C@H](CNC(C)=O)OC4O)cc3F)CC2)c(F)cc2c(=O)c(C(=O)O)cn(C3CC3)c12. The van der Waals surface area contributed by atoms with Gasteiger partial charge in [0.1, 0.15) is 23.5 Å². The number of carbonyl (C=O) groups is 2. The number of nitrogens with zero attached hydrogens (tertiary/aromatic N) is 3. The fraction of sp³-hybridized carbons (Fsp3) is 0.469. The van der Waals surface area contributed by atoms with Crippen molar-refractivity contribution in [3.05, 3.63) is 57.9 Å². The number of rotatable bonds is 10. The zero-order valence-electron chi connectivity index (χ0n) is 25.9. The number of pyridine rings is 1. The van der Waals surface area contributed by atoms with Crippen molar-refractivity contribution in [3.8, 4) is 11.5 Å². The van der Waals surface area contributed by atoms with E-state index in [1.807, 2.05) is 0 Å². The van der Waals surface area contributed by atoms with Crippen LogP contribution in [0.3, 0.4) is 0 Å². The third-order valence-corrected chi connectivity index (χ3v) is 8.89. The molecule has 0 radical (unpaired) electrons. The number of halogens is 2. The van der Waals surface area contributed by atoms with E-state index < -0.39 is 46.7 Å². The third-order valence-electron chi connectivity index (χ3n) is 8.89. The summed E-state index contributed by atoms with van der Waals surface area (Å²) in [6.45, 7) is 1.93. The number of amides is 1. The normalized spacial score (nSPS) is 20.8. The second-order valence-electron chi connectivity index (χ2n) is 12.2. The van der Waals surface area contributed by atoms with Crippen molar-refractivity contribution in [2.24, 2.45) is 0 Å². The van der Waals surface area contributed by atoms with Crippen molar-refractivity contribution in [2.75, 3.05) is 49.7 Å². The van der Waals surface area contributed by atoms with E-state index in [-0.39, 0.29) is 80.1 Å². The molecule has 2 saturated heterocycles. The first-order chi connectivity index (χ1) is 22.4. The molecule has 1 aliphatic carbocycles. The lowest BCUT2D eigenvalue weighted by atomic mass is 9.91. The lowest BCUT2D eigenvalue weighted by Crippen LogP contribution is -2.48. The second-order valence-corrected chi connectivity index (χ2v) is 12.2. The van der Waals surface area contributed by atoms with Crippen LogP contribution in [0, 0.1) is 11.6 Å². The standard InChI is InChI=1S/C32H36F2N4O9/c1-17(39)35-13-20-14-38(31(43)47-20)19-5-6-25(23(33)11-19)46-16-32(44)7-9-36(10-8-32)27-24(34)12-21-26(29(27)45-2)37(18-3-4-18)15-22(28(21)40)30(41)42/h5-6,11-12,15,18,20,31,43-44H,3-4,7-10,13-14,16H2,1-2H3,(H,35,39)(H,41,42)/t20-,31?/m0/s1. The number of aromatic carboxylic acids is 1. The van der Waals surface area contributed by atoms with Gasteiger partial charge in [0.2, 0.25) is 17.7 Å². The van der Waals surface area contributed by atoms with Gasteiger partial charge in [-0.15, -0.1) is 0 Å². The molecule has 252 valence electrons. The molecule has 3 aromatic rings. The van der Waals surface area contributed by atoms with E-state index in [1.165, 1.54) is 37.3 Å². The van der Waals surface area contributed by atoms with Crippen LogP contribution in [0.5, 0.6) is 11.5 Å². The molecule has 2 atom stereocenters. The summed E-state index contributed by atoms with van der Waals surface area (Å²) in [4.78, 5) is 39.1. The van der Waals surface area contributed by atoms with Gasteiger partial charge in [0, 0.05) is 50.6 Å². The number of aliphatic hydroxyl groups excluding tert-OH is 1. The number of fused-ring (bicyclic) bond motifs is 1. The van der Waals surface area contributed by atoms with Gasteiger partial charge in [-0.2, -0.15) is 0 Å². The highest BCUT2D eigenvalue weighted by molar-refractivity contribution is 5.97. The minimum atomic E-state index is -1.39. The van der Waals surface area contributed by atoms with Gasteiger partial charge in [-0.3, -0.25) is 9.59 Å². The Bertz CT molecular complexity index is 1770. The van der Waals surface area contributed by atoms with Gasteiger partial charge < -0.3 is 49.2 Å². The quantitative estimate of drug-likeness (QED) is 0.253. The van der Waals surface area contributed by atoms with Gasteiger partial charge in [-0.25, -0.2) is 13.6 Å². The van der Waals surface area contributed by atoms with Crippen molar-refractivity contribution < 1.29 is 47.9 Å². The molecule has 47 heavy (non-hydrogen) atoms. The highest BCUT2D eigenvalue weighted by Gasteiger charge is 2.37. The smallest absolute Gasteiger partial charge is 0.341 e. The molecule has 3 fully saturated rings. The third kappa shape index (κ3) is 6.42. The van der Waals surface area contributed by atoms with Crippen LogP contribution in [0.1, 0.15) is 49.0 Å². The first kappa shape index (κ1) is 32.5. The van der Waals surface area contributed by atoms with E-state index in [0.29, 0.717) is 11.2 Å². The van der Waals surface area contributed by atoms with E-state index in [9.17, 15) is 29.7 Å². The highest BCUT2D eigenvalue weighted by Crippen LogP contribution is 2.44. The van der Waals surface area contributed by atoms with Crippen molar-refractivity contribution in [1.29, 1.82) is 0 Å². The molecule has 6 rings (SSSR count). The van der Waals surface area contributed by atoms with Crippen molar-refractivity contribution in [1.82, 2.24) is 9.88 Å². The van der Waals surface area contributed by atoms with Gasteiger partial charge >= 0.3 is 5.97 Å². The van der Waals surface area contributed by atoms with Gasteiger partial charge in [0.05, 0.1) is 30.7 Å². The zero-order valence-corrected chi connectivity index (χ0v) is 25.9. The van der Waals surface area contributed by atoms with Crippen LogP contribution in [0.25, 0.3) is 10.9 Å². The van der Waals surface area contributed by atoms with Crippen LogP contribution in [0.2, 0.25) is 0 Å². The molecule has 3 aliphatic rings. The van der Waals surface area contributed by atoms with Gasteiger partial charge in [0.25, 0.3) is 0 Å². The Morgan fingerprint density at radius 3 is 2.49 bits per heavy atom. The summed E-state index contributed by atoms with van der Waals surface area (Å²) >= 11 is 0. The lowest BCUT2D eigenvalue weighted by molar-refractivity contribution is -0.121. The second kappa shape index (κ2) is 12.6. The Labute approximate surface area is 267 Å². The summed E-state index contributed by atoms with van der Waals surface area (Å²) in [5.41, 5.74) is -1.82. The monoisotopic (exact) mass is 658 g/mol. The van der Waals surface area contributed by atoms with Crippen molar-refractivity contribution >= 4 is 34.2 Å². The number of carboxylic acids is 1. The van der Waals surface area contributed by atoms with Crippen molar-refractivity contribution in [2.45, 2.75) is 56.8 Å². The topological polar surface area (TPSA) is 163 Å². The summed E-state index contributed by atoms with van der Waals surface area (Å²) in [7, 11) is 1.36. The van der Waals surface area contributed by atoms with Crippen LogP contribution in [-0.2, 0) is 9.53 Å². The first-order valence-electron chi connectivity index (χ1n) is 15.3. The van der Waals surface area contributed by atoms with E-state index in [0.717, 1.165) is 18.9 Å². The Balaban J connectivity index is 1.15. The van der Waals surface area contributed by atoms with E-state index >= 15 is 8.78 Å². The number of aliphatic hydroxyl groups is 2. The molecule has 1 amide bonds. The van der Waals surface area contributed by atoms with Crippen molar-refractivity contribution in [3.63, 3.8) is 0 Å². The number of carboxylic acid groups (broad SMARTS) is 1. The molecule has 1 saturated carbocycles. The molecule has 2 aromatic carbocycles. The van der Waals surface area contributed by atoms with Crippen LogP contribution in [-0.4, -0.2) is 89.8 Å². The molecule has 1 aromatic heterocycles. The minimum Gasteiger partial charge on any atom is -0.492 e. The number of methoxy groups -OCH3 is 1. The Morgan fingerprint density at radius 2 is 1.87 bits per heavy atom. The maximum atomic E-state index is 15.7. The van der Waals surface area contributed by atoms with Crippen LogP contribution >= 0.6 is 0 Å². The molecule has 0 spiro atoms. The summed E-state index contributed by atoms with van der Waals surface area (Å²) < 4.78 is 49.2. The van der Waals surface area contributed by atoms with Crippen LogP contribution in [0.15, 0.2) is 35.3 Å². The van der Waals surface area contributed by atoms with Gasteiger partial charge in [-0.05, 0) is 43.9 Å². The predicted molar refractivity (Wildman–Crippen MR) is 165 cm³/mol. The number of ether oxygens (including phenoxy) is 3. The molecule has 0 bridgehead atoms. The molecule has 15 heteroatoms. The number of nitrogens with one attached hydrogen (secondary N) is 1. The van der Waals surface area contributed by atoms with Gasteiger partial charge in [-0.1, -0.05) is 0 Å². The zero-order chi connectivity index (χ0) is 33.6. The Kier molecular flexibility index (Phi) is 8.72. The molecule has 3 heterocycles. The average Bonchev–Trinajstić information content (AvgIpc) is 3.81. The summed E-state index contributed by atoms with van der Waals surface area (Å²) in [6, 6.07) is 5.13. The number of benzene rings is 2. The maximum absolute atomic E-state index is 15.7. The highest BCUT2D eigenvalue weighted by atomic mass is 19.1. The maximum Gasteiger partial charge on any atom is 0.341 e. The van der Waals surface area contributed by atoms with Crippen LogP contribution < -0.4 is 30.0 Å². The molecule has 13 nitrogen and oxygen atoms in total. The molecular weight excluding hydrogens is 622 g/mol. The Morgan fingerprint density at radius 1 is 1.15 bits per heavy atom. The number of anilines is 2. The molecule has 1 unspecified atom stereocenters. The number of carbonyl (C=O) groups excluding carboxylic acids is 1. The fourth-order valence-corrected chi connectivity index (χ4v) is 6.21. The molecular formula is C32H36F2N4O9. The van der Waals surface area contributed by atoms with E-state index in [1.54, 1.807) is 15.5 Å². The summed E-state index contributed by atoms with van der Waals surface area (Å²) in [5.74, 6) is -3.08. The molecule has 2 aliphatic heterocycles. The number of hydrogen-bond donors (Lipinski definition) is 4. The van der Waals surface area contributed by atoms with E-state index in [4.69, 9.17) is 14.2 Å². The number of aromatic nitrogens is 1. The van der Waals surface area contributed by atoms with E-state index in [2.05, 4.69) is 5.32 Å². The first-order valence-corrected chi connectivity index (χ1v) is 15.3. The summed E-state index contributed by atoms with van der Waals surface area (Å²) in [5, 5.41) is 33.7. The Hall–Kier alpha value is -4.47. The average molecular weight is 659 g/mol. The minimum absolute atomic E-state index is 0.0396. The number of hydrogen-bond acceptors (Lipinski definition) is 10. The lowest BCUT2D eigenvalue weighted by Gasteiger charge is -2.39. The predicted octanol–water partition coefficient (Wildman–Crippen LogP) is 2.35. The molecule has 4 N–H and O–H groups in total. The largest absolute Gasteiger partial charge is 0.492 e. The van der Waals surface area contributed by atoms with Crippen LogP contribution in [0.4, 0.5) is 20.2 Å². The summed E-state index contributed by atoms with van der Waals surface area (Å²) in [6.07, 6.45) is 1.34. The fourth-order valence-electron chi connectivity index (χ4n) is 6.21. The number of piperidine rings is 1.